The minimum Gasteiger partial charge on any atom is -0.480 e. The van der Waals surface area contributed by atoms with Crippen molar-refractivity contribution in [1.29, 1.82) is 0 Å². The van der Waals surface area contributed by atoms with E-state index in [-0.39, 0.29) is 5.88 Å². The Kier molecular flexibility index (Phi) is 5.84. The molecule has 1 atom stereocenters. The van der Waals surface area contributed by atoms with E-state index in [0.717, 1.165) is 9.37 Å². The Balaban J connectivity index is 2.10. The molecule has 0 saturated heterocycles. The Bertz CT molecular complexity index is 613. The van der Waals surface area contributed by atoms with Crippen LogP contribution in [0, 0.1) is 0 Å². The van der Waals surface area contributed by atoms with Crippen molar-refractivity contribution < 1.29 is 14.6 Å². The van der Waals surface area contributed by atoms with Crippen LogP contribution in [0.1, 0.15) is 11.8 Å². The molecule has 1 heterocycles. The minimum atomic E-state index is -0.782. The summed E-state index contributed by atoms with van der Waals surface area (Å²) in [7, 11) is 2.99. The van der Waals surface area contributed by atoms with Crippen LogP contribution in [0.3, 0.4) is 0 Å². The Morgan fingerprint density at radius 2 is 2.05 bits per heavy atom. The number of ether oxygens (including phenoxy) is 2. The lowest BCUT2D eigenvalue weighted by Gasteiger charge is -2.13. The molecule has 0 fully saturated rings. The topological polar surface area (TPSA) is 64.5 Å². The van der Waals surface area contributed by atoms with Gasteiger partial charge in [0.2, 0.25) is 11.8 Å². The molecule has 1 aromatic heterocycles. The first kappa shape index (κ1) is 16.1. The molecule has 0 bridgehead atoms. The van der Waals surface area contributed by atoms with E-state index in [9.17, 15) is 5.11 Å². The largest absolute Gasteiger partial charge is 0.480 e. The van der Waals surface area contributed by atoms with Gasteiger partial charge in [0, 0.05) is 15.1 Å². The molecule has 112 valence electrons. The number of halogens is 1. The van der Waals surface area contributed by atoms with Crippen LogP contribution in [0.2, 0.25) is 0 Å². The van der Waals surface area contributed by atoms with Crippen molar-refractivity contribution in [3.05, 3.63) is 40.6 Å². The predicted molar refractivity (Wildman–Crippen MR) is 85.0 cm³/mol. The first-order valence-corrected chi connectivity index (χ1v) is 7.94. The fourth-order valence-electron chi connectivity index (χ4n) is 1.65. The van der Waals surface area contributed by atoms with Gasteiger partial charge in [0.1, 0.15) is 11.8 Å². The zero-order valence-electron chi connectivity index (χ0n) is 11.6. The number of benzene rings is 1. The van der Waals surface area contributed by atoms with E-state index in [0.29, 0.717) is 17.3 Å². The molecule has 0 aliphatic carbocycles. The van der Waals surface area contributed by atoms with Crippen LogP contribution < -0.4 is 9.47 Å². The van der Waals surface area contributed by atoms with Gasteiger partial charge >= 0.3 is 0 Å². The van der Waals surface area contributed by atoms with E-state index in [1.165, 1.54) is 32.2 Å². The van der Waals surface area contributed by atoms with Crippen LogP contribution in [0.5, 0.6) is 11.8 Å². The second-order valence-corrected chi connectivity index (χ2v) is 5.98. The molecule has 0 spiro atoms. The summed E-state index contributed by atoms with van der Waals surface area (Å²) in [6.07, 6.45) is 0.680. The minimum absolute atomic E-state index is 0.273. The SMILES string of the molecule is COc1cnc(C(O)CSc2ccccc2Br)c(OC)n1. The van der Waals surface area contributed by atoms with Gasteiger partial charge in [-0.3, -0.25) is 0 Å². The number of thioether (sulfide) groups is 1. The molecule has 0 amide bonds. The van der Waals surface area contributed by atoms with Crippen LogP contribution in [0.25, 0.3) is 0 Å². The lowest BCUT2D eigenvalue weighted by molar-refractivity contribution is 0.191. The zero-order chi connectivity index (χ0) is 15.2. The molecule has 1 aromatic carbocycles. The highest BCUT2D eigenvalue weighted by Gasteiger charge is 2.18. The second-order valence-electron chi connectivity index (χ2n) is 4.06. The average molecular weight is 371 g/mol. The molecular weight excluding hydrogens is 356 g/mol. The smallest absolute Gasteiger partial charge is 0.241 e. The van der Waals surface area contributed by atoms with Gasteiger partial charge in [0.25, 0.3) is 0 Å². The van der Waals surface area contributed by atoms with E-state index < -0.39 is 6.10 Å². The van der Waals surface area contributed by atoms with E-state index in [1.807, 2.05) is 24.3 Å². The monoisotopic (exact) mass is 370 g/mol. The Hall–Kier alpha value is -1.31. The Morgan fingerprint density at radius 3 is 2.71 bits per heavy atom. The third-order valence-corrected chi connectivity index (χ3v) is 4.80. The van der Waals surface area contributed by atoms with E-state index in [2.05, 4.69) is 25.9 Å². The molecule has 5 nitrogen and oxygen atoms in total. The standard InChI is InChI=1S/C14H15BrN2O3S/c1-19-12-7-16-13(14(17-12)20-2)10(18)8-21-11-6-4-3-5-9(11)15/h3-7,10,18H,8H2,1-2H3. The summed E-state index contributed by atoms with van der Waals surface area (Å²) >= 11 is 5.01. The first-order valence-electron chi connectivity index (χ1n) is 6.16. The summed E-state index contributed by atoms with van der Waals surface area (Å²) in [4.78, 5) is 9.34. The third-order valence-electron chi connectivity index (χ3n) is 2.70. The summed E-state index contributed by atoms with van der Waals surface area (Å²) < 4.78 is 11.1. The van der Waals surface area contributed by atoms with Gasteiger partial charge in [0.05, 0.1) is 20.4 Å². The number of nitrogens with zero attached hydrogens (tertiary/aromatic N) is 2. The van der Waals surface area contributed by atoms with Gasteiger partial charge in [-0.05, 0) is 28.1 Å². The van der Waals surface area contributed by atoms with Gasteiger partial charge in [-0.1, -0.05) is 12.1 Å². The van der Waals surface area contributed by atoms with Crippen LogP contribution >= 0.6 is 27.7 Å². The quantitative estimate of drug-likeness (QED) is 0.788. The highest BCUT2D eigenvalue weighted by atomic mass is 79.9. The molecule has 21 heavy (non-hydrogen) atoms. The molecule has 1 unspecified atom stereocenters. The number of aliphatic hydroxyl groups excluding tert-OH is 1. The summed E-state index contributed by atoms with van der Waals surface area (Å²) in [6, 6.07) is 7.84. The van der Waals surface area contributed by atoms with Crippen LogP contribution in [0.4, 0.5) is 0 Å². The molecule has 2 aromatic rings. The molecule has 7 heteroatoms. The third kappa shape index (κ3) is 4.09. The maximum atomic E-state index is 10.3. The van der Waals surface area contributed by atoms with Crippen molar-refractivity contribution in [3.63, 3.8) is 0 Å². The maximum Gasteiger partial charge on any atom is 0.241 e. The molecule has 0 aliphatic rings. The van der Waals surface area contributed by atoms with E-state index in [1.54, 1.807) is 0 Å². The normalized spacial score (nSPS) is 12.0. The summed E-state index contributed by atoms with van der Waals surface area (Å²) in [6.45, 7) is 0. The van der Waals surface area contributed by atoms with Crippen molar-refractivity contribution in [2.75, 3.05) is 20.0 Å². The lowest BCUT2D eigenvalue weighted by atomic mass is 10.3. The van der Waals surface area contributed by atoms with E-state index >= 15 is 0 Å². The predicted octanol–water partition coefficient (Wildman–Crippen LogP) is 3.08. The van der Waals surface area contributed by atoms with Gasteiger partial charge in [-0.15, -0.1) is 11.8 Å². The summed E-state index contributed by atoms with van der Waals surface area (Å²) in [5.74, 6) is 1.07. The number of hydrogen-bond donors (Lipinski definition) is 1. The van der Waals surface area contributed by atoms with Crippen LogP contribution in [-0.2, 0) is 0 Å². The number of rotatable bonds is 6. The average Bonchev–Trinajstić information content (AvgIpc) is 2.53. The highest BCUT2D eigenvalue weighted by molar-refractivity contribution is 9.10. The fourth-order valence-corrected chi connectivity index (χ4v) is 3.16. The fraction of sp³-hybridized carbons (Fsp3) is 0.286. The molecule has 2 rings (SSSR count). The molecule has 0 aliphatic heterocycles. The lowest BCUT2D eigenvalue weighted by Crippen LogP contribution is -2.08. The second kappa shape index (κ2) is 7.63. The van der Waals surface area contributed by atoms with Gasteiger partial charge in [0.15, 0.2) is 0 Å². The van der Waals surface area contributed by atoms with Crippen molar-refractivity contribution in [2.24, 2.45) is 0 Å². The van der Waals surface area contributed by atoms with Crippen molar-refractivity contribution >= 4 is 27.7 Å². The molecule has 0 radical (unpaired) electrons. The zero-order valence-corrected chi connectivity index (χ0v) is 14.0. The first-order chi connectivity index (χ1) is 10.2. The Labute approximate surface area is 135 Å². The summed E-state index contributed by atoms with van der Waals surface area (Å²) in [5.41, 5.74) is 0.401. The maximum absolute atomic E-state index is 10.3. The van der Waals surface area contributed by atoms with Crippen molar-refractivity contribution in [1.82, 2.24) is 9.97 Å². The molecular formula is C14H15BrN2O3S. The van der Waals surface area contributed by atoms with Crippen LogP contribution in [-0.4, -0.2) is 35.0 Å². The van der Waals surface area contributed by atoms with Crippen molar-refractivity contribution in [2.45, 2.75) is 11.0 Å². The summed E-state index contributed by atoms with van der Waals surface area (Å²) in [5, 5.41) is 10.3. The van der Waals surface area contributed by atoms with Crippen molar-refractivity contribution in [3.8, 4) is 11.8 Å². The number of aliphatic hydroxyl groups is 1. The Morgan fingerprint density at radius 1 is 1.29 bits per heavy atom. The highest BCUT2D eigenvalue weighted by Crippen LogP contribution is 2.32. The molecule has 0 saturated carbocycles. The van der Waals surface area contributed by atoms with Gasteiger partial charge in [-0.25, -0.2) is 4.98 Å². The van der Waals surface area contributed by atoms with Crippen LogP contribution in [0.15, 0.2) is 39.8 Å². The van der Waals surface area contributed by atoms with E-state index in [4.69, 9.17) is 9.47 Å². The number of aromatic nitrogens is 2. The van der Waals surface area contributed by atoms with Gasteiger partial charge < -0.3 is 14.6 Å². The number of hydrogen-bond acceptors (Lipinski definition) is 6. The molecule has 1 N–H and O–H groups in total. The van der Waals surface area contributed by atoms with Gasteiger partial charge in [-0.2, -0.15) is 4.98 Å². The number of methoxy groups -OCH3 is 2.